The van der Waals surface area contributed by atoms with Crippen molar-refractivity contribution in [2.45, 2.75) is 11.4 Å². The standard InChI is InChI=1S/C14H13ClFNO2S/c1-20(18,19)14-8-3-2-7-13(14)17-9-10-11(15)5-4-6-12(10)16/h2-8,17H,9H2,1H3. The van der Waals surface area contributed by atoms with Gasteiger partial charge in [0.2, 0.25) is 0 Å². The molecule has 6 heteroatoms. The molecule has 3 nitrogen and oxygen atoms in total. The SMILES string of the molecule is CS(=O)(=O)c1ccccc1NCc1c(F)cccc1Cl. The van der Waals surface area contributed by atoms with Crippen molar-refractivity contribution < 1.29 is 12.8 Å². The predicted octanol–water partition coefficient (Wildman–Crippen LogP) is 3.49. The van der Waals surface area contributed by atoms with Gasteiger partial charge >= 0.3 is 0 Å². The van der Waals surface area contributed by atoms with Crippen LogP contribution in [0.25, 0.3) is 0 Å². The van der Waals surface area contributed by atoms with Gasteiger partial charge < -0.3 is 5.32 Å². The Morgan fingerprint density at radius 3 is 2.50 bits per heavy atom. The molecule has 0 atom stereocenters. The highest BCUT2D eigenvalue weighted by molar-refractivity contribution is 7.90. The summed E-state index contributed by atoms with van der Waals surface area (Å²) in [7, 11) is -3.35. The number of sulfone groups is 1. The number of rotatable bonds is 4. The van der Waals surface area contributed by atoms with E-state index < -0.39 is 15.7 Å². The normalized spacial score (nSPS) is 11.3. The van der Waals surface area contributed by atoms with Gasteiger partial charge in [-0.15, -0.1) is 0 Å². The molecule has 106 valence electrons. The maximum atomic E-state index is 13.6. The van der Waals surface area contributed by atoms with E-state index in [1.165, 1.54) is 18.2 Å². The molecule has 20 heavy (non-hydrogen) atoms. The van der Waals surface area contributed by atoms with Crippen molar-refractivity contribution in [3.8, 4) is 0 Å². The molecule has 2 aromatic rings. The summed E-state index contributed by atoms with van der Waals surface area (Å²) in [6, 6.07) is 10.9. The zero-order valence-corrected chi connectivity index (χ0v) is 12.3. The summed E-state index contributed by atoms with van der Waals surface area (Å²) >= 11 is 5.93. The predicted molar refractivity (Wildman–Crippen MR) is 78.3 cm³/mol. The van der Waals surface area contributed by atoms with Gasteiger partial charge in [0.15, 0.2) is 9.84 Å². The molecule has 0 heterocycles. The molecule has 0 amide bonds. The van der Waals surface area contributed by atoms with Gasteiger partial charge in [-0.2, -0.15) is 0 Å². The van der Waals surface area contributed by atoms with Crippen LogP contribution in [0.15, 0.2) is 47.4 Å². The van der Waals surface area contributed by atoms with E-state index in [0.717, 1.165) is 6.26 Å². The van der Waals surface area contributed by atoms with E-state index in [0.29, 0.717) is 16.3 Å². The minimum absolute atomic E-state index is 0.109. The number of nitrogens with one attached hydrogen (secondary N) is 1. The van der Waals surface area contributed by atoms with Crippen molar-refractivity contribution in [1.29, 1.82) is 0 Å². The smallest absolute Gasteiger partial charge is 0.177 e. The number of hydrogen-bond donors (Lipinski definition) is 1. The summed E-state index contributed by atoms with van der Waals surface area (Å²) in [5, 5.41) is 3.21. The third kappa shape index (κ3) is 3.29. The van der Waals surface area contributed by atoms with Crippen LogP contribution in [0.3, 0.4) is 0 Å². The Labute approximate surface area is 122 Å². The summed E-state index contributed by atoms with van der Waals surface area (Å²) in [6.07, 6.45) is 1.13. The first kappa shape index (κ1) is 14.8. The number of benzene rings is 2. The second-order valence-corrected chi connectivity index (χ2v) is 6.71. The van der Waals surface area contributed by atoms with E-state index in [4.69, 9.17) is 11.6 Å². The highest BCUT2D eigenvalue weighted by atomic mass is 35.5. The van der Waals surface area contributed by atoms with Crippen LogP contribution < -0.4 is 5.32 Å². The number of para-hydroxylation sites is 1. The maximum absolute atomic E-state index is 13.6. The molecule has 2 rings (SSSR count). The molecule has 1 N–H and O–H groups in total. The maximum Gasteiger partial charge on any atom is 0.177 e. The van der Waals surface area contributed by atoms with Crippen molar-refractivity contribution in [3.05, 3.63) is 58.9 Å². The Morgan fingerprint density at radius 2 is 1.85 bits per heavy atom. The zero-order chi connectivity index (χ0) is 14.8. The summed E-state index contributed by atoms with van der Waals surface area (Å²) < 4.78 is 37.0. The second-order valence-electron chi connectivity index (χ2n) is 4.32. The van der Waals surface area contributed by atoms with E-state index >= 15 is 0 Å². The largest absolute Gasteiger partial charge is 0.380 e. The topological polar surface area (TPSA) is 46.2 Å². The molecular formula is C14H13ClFNO2S. The van der Waals surface area contributed by atoms with E-state index in [9.17, 15) is 12.8 Å². The highest BCUT2D eigenvalue weighted by Crippen LogP contribution is 2.24. The van der Waals surface area contributed by atoms with Crippen LogP contribution >= 0.6 is 11.6 Å². The molecule has 0 aliphatic carbocycles. The van der Waals surface area contributed by atoms with Crippen LogP contribution in [0.4, 0.5) is 10.1 Å². The summed E-state index contributed by atoms with van der Waals surface area (Å²) in [5.74, 6) is -0.429. The van der Waals surface area contributed by atoms with Crippen molar-refractivity contribution in [2.24, 2.45) is 0 Å². The molecule has 2 aromatic carbocycles. The van der Waals surface area contributed by atoms with Gasteiger partial charge in [-0.1, -0.05) is 29.8 Å². The number of halogens is 2. The molecule has 0 aromatic heterocycles. The molecule has 0 fully saturated rings. The van der Waals surface area contributed by atoms with Crippen molar-refractivity contribution in [3.63, 3.8) is 0 Å². The minimum atomic E-state index is -3.35. The fourth-order valence-electron chi connectivity index (χ4n) is 1.82. The van der Waals surface area contributed by atoms with Crippen molar-refractivity contribution in [2.75, 3.05) is 11.6 Å². The quantitative estimate of drug-likeness (QED) is 0.939. The van der Waals surface area contributed by atoms with Gasteiger partial charge in [-0.25, -0.2) is 12.8 Å². The monoisotopic (exact) mass is 313 g/mol. The third-order valence-corrected chi connectivity index (χ3v) is 4.31. The Kier molecular flexibility index (Phi) is 4.30. The lowest BCUT2D eigenvalue weighted by atomic mass is 10.2. The van der Waals surface area contributed by atoms with Crippen molar-refractivity contribution >= 4 is 27.1 Å². The summed E-state index contributed by atoms with van der Waals surface area (Å²) in [4.78, 5) is 0.174. The van der Waals surface area contributed by atoms with E-state index in [1.54, 1.807) is 24.3 Å². The Bertz CT molecular complexity index is 711. The summed E-state index contributed by atoms with van der Waals surface area (Å²) in [5.41, 5.74) is 0.729. The first-order valence-corrected chi connectivity index (χ1v) is 8.12. The number of anilines is 1. The lowest BCUT2D eigenvalue weighted by molar-refractivity contribution is 0.602. The Balaban J connectivity index is 2.29. The van der Waals surface area contributed by atoms with Crippen LogP contribution in [0.1, 0.15) is 5.56 Å². The fourth-order valence-corrected chi connectivity index (χ4v) is 2.92. The molecule has 0 bridgehead atoms. The van der Waals surface area contributed by atoms with Gasteiger partial charge in [0.1, 0.15) is 5.82 Å². The lowest BCUT2D eigenvalue weighted by Gasteiger charge is -2.12. The molecular weight excluding hydrogens is 301 g/mol. The first-order chi connectivity index (χ1) is 9.39. The lowest BCUT2D eigenvalue weighted by Crippen LogP contribution is -2.07. The van der Waals surface area contributed by atoms with Crippen LogP contribution in [0, 0.1) is 5.82 Å². The van der Waals surface area contributed by atoms with Crippen LogP contribution in [0.2, 0.25) is 5.02 Å². The number of hydrogen-bond acceptors (Lipinski definition) is 3. The van der Waals surface area contributed by atoms with Gasteiger partial charge in [0.05, 0.1) is 10.6 Å². The van der Waals surface area contributed by atoms with Gasteiger partial charge in [0.25, 0.3) is 0 Å². The average molecular weight is 314 g/mol. The molecule has 0 saturated heterocycles. The Hall–Kier alpha value is -1.59. The van der Waals surface area contributed by atoms with Crippen molar-refractivity contribution in [1.82, 2.24) is 0 Å². The van der Waals surface area contributed by atoms with E-state index in [2.05, 4.69) is 5.32 Å². The summed E-state index contributed by atoms with van der Waals surface area (Å²) in [6.45, 7) is 0.109. The van der Waals surface area contributed by atoms with Gasteiger partial charge in [-0.05, 0) is 24.3 Å². The fraction of sp³-hybridized carbons (Fsp3) is 0.143. The first-order valence-electron chi connectivity index (χ1n) is 5.85. The molecule has 0 spiro atoms. The minimum Gasteiger partial charge on any atom is -0.380 e. The zero-order valence-electron chi connectivity index (χ0n) is 10.7. The van der Waals surface area contributed by atoms with Crippen LogP contribution in [-0.4, -0.2) is 14.7 Å². The van der Waals surface area contributed by atoms with Crippen LogP contribution in [0.5, 0.6) is 0 Å². The molecule has 0 radical (unpaired) electrons. The third-order valence-electron chi connectivity index (χ3n) is 2.80. The second kappa shape index (κ2) is 5.81. The van der Waals surface area contributed by atoms with Gasteiger partial charge in [0, 0.05) is 23.4 Å². The van der Waals surface area contributed by atoms with E-state index in [1.807, 2.05) is 0 Å². The molecule has 0 unspecified atom stereocenters. The molecule has 0 aliphatic rings. The highest BCUT2D eigenvalue weighted by Gasteiger charge is 2.13. The van der Waals surface area contributed by atoms with E-state index in [-0.39, 0.29) is 11.4 Å². The van der Waals surface area contributed by atoms with Crippen LogP contribution in [-0.2, 0) is 16.4 Å². The Morgan fingerprint density at radius 1 is 1.15 bits per heavy atom. The molecule has 0 aliphatic heterocycles. The average Bonchev–Trinajstić information content (AvgIpc) is 2.37. The molecule has 0 saturated carbocycles. The van der Waals surface area contributed by atoms with Gasteiger partial charge in [-0.3, -0.25) is 0 Å².